The molecule has 1 aliphatic rings. The molecule has 2 aromatic carbocycles. The third-order valence-corrected chi connectivity index (χ3v) is 6.79. The monoisotopic (exact) mass is 512 g/mol. The van der Waals surface area contributed by atoms with Gasteiger partial charge >= 0.3 is 0 Å². The average Bonchev–Trinajstić information content (AvgIpc) is 2.87. The van der Waals surface area contributed by atoms with Crippen LogP contribution in [-0.4, -0.2) is 66.0 Å². The summed E-state index contributed by atoms with van der Waals surface area (Å²) < 4.78 is 0. The minimum atomic E-state index is -0.406. The summed E-state index contributed by atoms with van der Waals surface area (Å²) >= 11 is 7.60. The van der Waals surface area contributed by atoms with Crippen molar-refractivity contribution < 1.29 is 9.72 Å². The number of carbonyl (C=O) groups is 1. The van der Waals surface area contributed by atoms with Gasteiger partial charge in [0.25, 0.3) is 11.6 Å². The van der Waals surface area contributed by atoms with Gasteiger partial charge in [-0.2, -0.15) is 0 Å². The van der Waals surface area contributed by atoms with Crippen LogP contribution in [0.4, 0.5) is 17.2 Å². The fraction of sp³-hybridized carbons (Fsp3) is 0.292. The highest BCUT2D eigenvalue weighted by atomic mass is 35.5. The highest BCUT2D eigenvalue weighted by Crippen LogP contribution is 2.25. The fourth-order valence-electron chi connectivity index (χ4n) is 3.71. The summed E-state index contributed by atoms with van der Waals surface area (Å²) in [6.07, 6.45) is 0. The number of non-ortho nitro benzene ring substituents is 1. The van der Waals surface area contributed by atoms with Gasteiger partial charge in [0.15, 0.2) is 5.16 Å². The second-order valence-electron chi connectivity index (χ2n) is 8.26. The van der Waals surface area contributed by atoms with Crippen molar-refractivity contribution in [1.82, 2.24) is 14.9 Å². The van der Waals surface area contributed by atoms with Gasteiger partial charge in [0.05, 0.1) is 4.92 Å². The summed E-state index contributed by atoms with van der Waals surface area (Å²) in [5.41, 5.74) is 2.70. The first-order valence-electron chi connectivity index (χ1n) is 11.0. The Hall–Kier alpha value is -3.37. The van der Waals surface area contributed by atoms with Crippen molar-refractivity contribution >= 4 is 46.5 Å². The predicted octanol–water partition coefficient (Wildman–Crippen LogP) is 4.36. The number of aromatic nitrogens is 2. The van der Waals surface area contributed by atoms with Crippen LogP contribution in [0.15, 0.2) is 59.8 Å². The minimum absolute atomic E-state index is 0.00125. The summed E-state index contributed by atoms with van der Waals surface area (Å²) in [5.74, 6) is 1.42. The van der Waals surface area contributed by atoms with Crippen molar-refractivity contribution in [3.63, 3.8) is 0 Å². The number of rotatable bonds is 7. The fourth-order valence-corrected chi connectivity index (χ4v) is 4.74. The molecule has 0 saturated carbocycles. The number of thioether (sulfide) groups is 1. The second kappa shape index (κ2) is 10.9. The summed E-state index contributed by atoms with van der Waals surface area (Å²) in [6.45, 7) is 2.53. The molecule has 0 spiro atoms. The Bertz CT molecular complexity index is 1200. The van der Waals surface area contributed by atoms with E-state index in [0.29, 0.717) is 47.8 Å². The molecule has 1 aromatic heterocycles. The number of hydrogen-bond acceptors (Lipinski definition) is 8. The number of hydrogen-bond donors (Lipinski definition) is 0. The van der Waals surface area contributed by atoms with Crippen molar-refractivity contribution in [3.05, 3.63) is 81.0 Å². The van der Waals surface area contributed by atoms with E-state index in [1.807, 2.05) is 48.2 Å². The first-order valence-corrected chi connectivity index (χ1v) is 12.4. The number of benzene rings is 2. The Labute approximate surface area is 212 Å². The minimum Gasteiger partial charge on any atom is -0.368 e. The molecule has 11 heteroatoms. The van der Waals surface area contributed by atoms with Gasteiger partial charge in [-0.3, -0.25) is 14.9 Å². The van der Waals surface area contributed by atoms with E-state index in [1.54, 1.807) is 18.2 Å². The lowest BCUT2D eigenvalue weighted by Gasteiger charge is -2.36. The zero-order valence-corrected chi connectivity index (χ0v) is 21.0. The number of anilines is 2. The number of nitro groups is 1. The summed E-state index contributed by atoms with van der Waals surface area (Å²) in [4.78, 5) is 38.0. The van der Waals surface area contributed by atoms with Gasteiger partial charge in [0, 0.05) is 75.5 Å². The molecule has 0 N–H and O–H groups in total. The van der Waals surface area contributed by atoms with Gasteiger partial charge in [-0.15, -0.1) is 0 Å². The molecular formula is C24H25ClN6O3S. The van der Waals surface area contributed by atoms with Crippen LogP contribution in [0.1, 0.15) is 15.9 Å². The third-order valence-electron chi connectivity index (χ3n) is 5.68. The van der Waals surface area contributed by atoms with Crippen LogP contribution in [0.3, 0.4) is 0 Å². The van der Waals surface area contributed by atoms with Crippen LogP contribution >= 0.6 is 23.4 Å². The Balaban J connectivity index is 1.31. The predicted molar refractivity (Wildman–Crippen MR) is 139 cm³/mol. The largest absolute Gasteiger partial charge is 0.368 e. The molecule has 0 bridgehead atoms. The molecule has 1 fully saturated rings. The maximum absolute atomic E-state index is 13.0. The Morgan fingerprint density at radius 1 is 1.06 bits per heavy atom. The molecule has 1 aliphatic heterocycles. The molecule has 9 nitrogen and oxygen atoms in total. The molecule has 0 atom stereocenters. The van der Waals surface area contributed by atoms with E-state index in [2.05, 4.69) is 14.9 Å². The number of nitrogens with zero attached hydrogens (tertiary/aromatic N) is 6. The number of piperazine rings is 1. The van der Waals surface area contributed by atoms with Crippen LogP contribution in [0.25, 0.3) is 0 Å². The molecule has 1 amide bonds. The quantitative estimate of drug-likeness (QED) is 0.151. The molecular weight excluding hydrogens is 488 g/mol. The van der Waals surface area contributed by atoms with Gasteiger partial charge in [0.2, 0.25) is 0 Å². The van der Waals surface area contributed by atoms with Crippen molar-refractivity contribution in [2.24, 2.45) is 0 Å². The maximum Gasteiger partial charge on any atom is 0.269 e. The number of amides is 1. The van der Waals surface area contributed by atoms with Crippen molar-refractivity contribution in [2.45, 2.75) is 10.9 Å². The first-order chi connectivity index (χ1) is 16.8. The average molecular weight is 513 g/mol. The van der Waals surface area contributed by atoms with Crippen LogP contribution in [0.2, 0.25) is 5.15 Å². The molecule has 4 rings (SSSR count). The van der Waals surface area contributed by atoms with Gasteiger partial charge in [-0.05, 0) is 29.8 Å². The van der Waals surface area contributed by atoms with Gasteiger partial charge in [-0.1, -0.05) is 35.5 Å². The van der Waals surface area contributed by atoms with Crippen LogP contribution in [0.5, 0.6) is 0 Å². The molecule has 0 radical (unpaired) electrons. The normalized spacial score (nSPS) is 13.6. The molecule has 0 unspecified atom stereocenters. The molecule has 0 aliphatic carbocycles. The lowest BCUT2D eigenvalue weighted by molar-refractivity contribution is -0.384. The number of nitro benzene ring substituents is 1. The molecule has 2 heterocycles. The van der Waals surface area contributed by atoms with E-state index in [0.717, 1.165) is 17.1 Å². The lowest BCUT2D eigenvalue weighted by atomic mass is 10.1. The van der Waals surface area contributed by atoms with E-state index < -0.39 is 4.92 Å². The molecule has 3 aromatic rings. The van der Waals surface area contributed by atoms with Gasteiger partial charge in [-0.25, -0.2) is 9.97 Å². The highest BCUT2D eigenvalue weighted by Gasteiger charge is 2.22. The number of halogens is 1. The lowest BCUT2D eigenvalue weighted by Crippen LogP contribution is -2.48. The summed E-state index contributed by atoms with van der Waals surface area (Å²) in [7, 11) is 3.80. The van der Waals surface area contributed by atoms with E-state index in [9.17, 15) is 14.9 Å². The first kappa shape index (κ1) is 24.7. The zero-order valence-electron chi connectivity index (χ0n) is 19.4. The molecule has 182 valence electrons. The highest BCUT2D eigenvalue weighted by molar-refractivity contribution is 7.98. The Morgan fingerprint density at radius 3 is 2.31 bits per heavy atom. The van der Waals surface area contributed by atoms with Crippen LogP contribution in [0, 0.1) is 10.1 Å². The Kier molecular flexibility index (Phi) is 7.72. The second-order valence-corrected chi connectivity index (χ2v) is 9.59. The molecule has 1 saturated heterocycles. The van der Waals surface area contributed by atoms with Crippen LogP contribution in [-0.2, 0) is 5.75 Å². The standard InChI is InChI=1S/C24H25ClN6O3S/c1-28(2)22-15-21(25)26-24(27-22)35-16-17-3-5-18(6-4-17)23(32)30-13-11-29(12-14-30)19-7-9-20(10-8-19)31(33)34/h3-10,15H,11-14,16H2,1-2H3. The summed E-state index contributed by atoms with van der Waals surface area (Å²) in [5, 5.41) is 11.9. The summed E-state index contributed by atoms with van der Waals surface area (Å²) in [6, 6.07) is 15.8. The van der Waals surface area contributed by atoms with Crippen molar-refractivity contribution in [1.29, 1.82) is 0 Å². The maximum atomic E-state index is 13.0. The zero-order chi connectivity index (χ0) is 24.9. The number of carbonyl (C=O) groups excluding carboxylic acids is 1. The van der Waals surface area contributed by atoms with E-state index in [1.165, 1.54) is 23.9 Å². The SMILES string of the molecule is CN(C)c1cc(Cl)nc(SCc2ccc(C(=O)N3CCN(c4ccc([N+](=O)[O-])cc4)CC3)cc2)n1. The topological polar surface area (TPSA) is 95.7 Å². The molecule has 35 heavy (non-hydrogen) atoms. The smallest absolute Gasteiger partial charge is 0.269 e. The van der Waals surface area contributed by atoms with E-state index in [-0.39, 0.29) is 11.6 Å². The van der Waals surface area contributed by atoms with E-state index in [4.69, 9.17) is 11.6 Å². The van der Waals surface area contributed by atoms with Gasteiger partial charge < -0.3 is 14.7 Å². The van der Waals surface area contributed by atoms with Gasteiger partial charge in [0.1, 0.15) is 11.0 Å². The Morgan fingerprint density at radius 2 is 1.71 bits per heavy atom. The van der Waals surface area contributed by atoms with Crippen molar-refractivity contribution in [3.8, 4) is 0 Å². The van der Waals surface area contributed by atoms with E-state index >= 15 is 0 Å². The van der Waals surface area contributed by atoms with Crippen molar-refractivity contribution in [2.75, 3.05) is 50.1 Å². The van der Waals surface area contributed by atoms with Crippen LogP contribution < -0.4 is 9.80 Å². The third kappa shape index (κ3) is 6.20.